The molecule has 5 heteroatoms. The molecule has 2 nitrogen and oxygen atoms in total. The zero-order chi connectivity index (χ0) is 15.4. The lowest BCUT2D eigenvalue weighted by Gasteiger charge is -2.06. The van der Waals surface area contributed by atoms with Crippen LogP contribution >= 0.6 is 15.9 Å². The van der Waals surface area contributed by atoms with Gasteiger partial charge in [0.25, 0.3) is 0 Å². The summed E-state index contributed by atoms with van der Waals surface area (Å²) in [6.45, 7) is 1.85. The highest BCUT2D eigenvalue weighted by Gasteiger charge is 2.06. The number of carbonyl (C=O) groups excluding carboxylic acids is 1. The fourth-order valence-corrected chi connectivity index (χ4v) is 2.09. The third-order valence-electron chi connectivity index (χ3n) is 2.86. The molecule has 0 aliphatic carbocycles. The van der Waals surface area contributed by atoms with Crippen LogP contribution in [-0.4, -0.2) is 5.91 Å². The van der Waals surface area contributed by atoms with Gasteiger partial charge in [-0.25, -0.2) is 8.78 Å². The summed E-state index contributed by atoms with van der Waals surface area (Å²) in [5.74, 6) is -1.88. The monoisotopic (exact) mass is 351 g/mol. The molecule has 0 saturated carbocycles. The summed E-state index contributed by atoms with van der Waals surface area (Å²) >= 11 is 3.31. The maximum Gasteiger partial charge on any atom is 0.248 e. The number of anilines is 1. The molecule has 0 aliphatic rings. The van der Waals surface area contributed by atoms with Gasteiger partial charge in [-0.1, -0.05) is 28.1 Å². The van der Waals surface area contributed by atoms with Crippen LogP contribution in [0.1, 0.15) is 11.1 Å². The highest BCUT2D eigenvalue weighted by atomic mass is 79.9. The van der Waals surface area contributed by atoms with Gasteiger partial charge in [0, 0.05) is 21.8 Å². The Labute approximate surface area is 129 Å². The van der Waals surface area contributed by atoms with Gasteiger partial charge in [0.1, 0.15) is 11.6 Å². The van der Waals surface area contributed by atoms with Gasteiger partial charge in [-0.05, 0) is 42.8 Å². The molecular formula is C16H12BrF2NO. The Hall–Kier alpha value is -2.01. The maximum absolute atomic E-state index is 13.4. The largest absolute Gasteiger partial charge is 0.322 e. The smallest absolute Gasteiger partial charge is 0.248 e. The number of benzene rings is 2. The Balaban J connectivity index is 2.15. The summed E-state index contributed by atoms with van der Waals surface area (Å²) in [6, 6.07) is 9.01. The lowest BCUT2D eigenvalue weighted by Crippen LogP contribution is -2.09. The molecule has 0 heterocycles. The quantitative estimate of drug-likeness (QED) is 0.798. The van der Waals surface area contributed by atoms with E-state index in [4.69, 9.17) is 0 Å². The van der Waals surface area contributed by atoms with Crippen LogP contribution in [-0.2, 0) is 4.79 Å². The van der Waals surface area contributed by atoms with E-state index in [9.17, 15) is 13.6 Å². The molecule has 2 aromatic rings. The molecule has 0 spiro atoms. The summed E-state index contributed by atoms with van der Waals surface area (Å²) < 4.78 is 27.7. The predicted molar refractivity (Wildman–Crippen MR) is 82.9 cm³/mol. The zero-order valence-corrected chi connectivity index (χ0v) is 12.7. The average Bonchev–Trinajstić information content (AvgIpc) is 2.42. The first-order chi connectivity index (χ1) is 9.97. The number of halogens is 3. The van der Waals surface area contributed by atoms with Crippen molar-refractivity contribution in [2.24, 2.45) is 0 Å². The van der Waals surface area contributed by atoms with Crippen molar-refractivity contribution in [1.82, 2.24) is 0 Å². The van der Waals surface area contributed by atoms with Crippen molar-refractivity contribution < 1.29 is 13.6 Å². The van der Waals surface area contributed by atoms with E-state index in [0.717, 1.165) is 34.3 Å². The van der Waals surface area contributed by atoms with Crippen molar-refractivity contribution in [3.63, 3.8) is 0 Å². The first-order valence-electron chi connectivity index (χ1n) is 6.16. The lowest BCUT2D eigenvalue weighted by atomic mass is 10.1. The van der Waals surface area contributed by atoms with Crippen LogP contribution in [0.4, 0.5) is 14.5 Å². The molecule has 0 aromatic heterocycles. The molecule has 21 heavy (non-hydrogen) atoms. The average molecular weight is 352 g/mol. The highest BCUT2D eigenvalue weighted by molar-refractivity contribution is 9.10. The second-order valence-electron chi connectivity index (χ2n) is 4.42. The molecule has 0 radical (unpaired) electrons. The van der Waals surface area contributed by atoms with Crippen LogP contribution in [0.3, 0.4) is 0 Å². The fraction of sp³-hybridized carbons (Fsp3) is 0.0625. The Morgan fingerprint density at radius 3 is 2.52 bits per heavy atom. The number of amides is 1. The van der Waals surface area contributed by atoms with Crippen LogP contribution in [0, 0.1) is 18.6 Å². The molecule has 2 aromatic carbocycles. The summed E-state index contributed by atoms with van der Waals surface area (Å²) in [6.07, 6.45) is 2.22. The first kappa shape index (κ1) is 15.4. The Bertz CT molecular complexity index is 693. The third kappa shape index (κ3) is 3.98. The van der Waals surface area contributed by atoms with E-state index in [0.29, 0.717) is 5.69 Å². The van der Waals surface area contributed by atoms with Gasteiger partial charge >= 0.3 is 0 Å². The zero-order valence-electron chi connectivity index (χ0n) is 11.2. The van der Waals surface area contributed by atoms with Crippen molar-refractivity contribution in [3.05, 3.63) is 69.7 Å². The van der Waals surface area contributed by atoms with E-state index in [-0.39, 0.29) is 5.56 Å². The first-order valence-corrected chi connectivity index (χ1v) is 6.96. The molecule has 0 fully saturated rings. The van der Waals surface area contributed by atoms with Gasteiger partial charge < -0.3 is 5.32 Å². The SMILES string of the molecule is Cc1ccc(Br)cc1NC(=O)/C=C/c1c(F)cccc1F. The summed E-state index contributed by atoms with van der Waals surface area (Å²) in [5.41, 5.74) is 1.28. The van der Waals surface area contributed by atoms with E-state index < -0.39 is 17.5 Å². The Kier molecular flexibility index (Phi) is 4.85. The Morgan fingerprint density at radius 2 is 1.86 bits per heavy atom. The Morgan fingerprint density at radius 1 is 1.19 bits per heavy atom. The number of hydrogen-bond acceptors (Lipinski definition) is 1. The fourth-order valence-electron chi connectivity index (χ4n) is 1.73. The van der Waals surface area contributed by atoms with E-state index in [1.165, 1.54) is 6.07 Å². The number of aryl methyl sites for hydroxylation is 1. The molecule has 1 N–H and O–H groups in total. The van der Waals surface area contributed by atoms with Gasteiger partial charge in [0.2, 0.25) is 5.91 Å². The summed E-state index contributed by atoms with van der Waals surface area (Å²) in [5, 5.41) is 2.66. The van der Waals surface area contributed by atoms with E-state index in [2.05, 4.69) is 21.2 Å². The molecule has 2 rings (SSSR count). The predicted octanol–water partition coefficient (Wildman–Crippen LogP) is 4.69. The molecule has 108 valence electrons. The number of rotatable bonds is 3. The molecule has 0 bridgehead atoms. The van der Waals surface area contributed by atoms with Crippen LogP contribution < -0.4 is 5.32 Å². The highest BCUT2D eigenvalue weighted by Crippen LogP contribution is 2.21. The number of hydrogen-bond donors (Lipinski definition) is 1. The van der Waals surface area contributed by atoms with Gasteiger partial charge in [-0.3, -0.25) is 4.79 Å². The van der Waals surface area contributed by atoms with Crippen molar-refractivity contribution >= 4 is 33.6 Å². The number of carbonyl (C=O) groups is 1. The van der Waals surface area contributed by atoms with E-state index >= 15 is 0 Å². The summed E-state index contributed by atoms with van der Waals surface area (Å²) in [7, 11) is 0. The molecular weight excluding hydrogens is 340 g/mol. The van der Waals surface area contributed by atoms with Crippen molar-refractivity contribution in [1.29, 1.82) is 0 Å². The van der Waals surface area contributed by atoms with Crippen LogP contribution in [0.25, 0.3) is 6.08 Å². The van der Waals surface area contributed by atoms with Gasteiger partial charge in [-0.2, -0.15) is 0 Å². The van der Waals surface area contributed by atoms with Gasteiger partial charge in [-0.15, -0.1) is 0 Å². The van der Waals surface area contributed by atoms with Crippen LogP contribution in [0.5, 0.6) is 0 Å². The van der Waals surface area contributed by atoms with Crippen molar-refractivity contribution in [2.75, 3.05) is 5.32 Å². The minimum absolute atomic E-state index is 0.237. The molecule has 1 amide bonds. The minimum Gasteiger partial charge on any atom is -0.322 e. The van der Waals surface area contributed by atoms with E-state index in [1.807, 2.05) is 19.1 Å². The van der Waals surface area contributed by atoms with Crippen LogP contribution in [0.15, 0.2) is 46.9 Å². The second-order valence-corrected chi connectivity index (χ2v) is 5.33. The lowest BCUT2D eigenvalue weighted by molar-refractivity contribution is -0.111. The molecule has 0 unspecified atom stereocenters. The second kappa shape index (κ2) is 6.63. The van der Waals surface area contributed by atoms with Gasteiger partial charge in [0.15, 0.2) is 0 Å². The van der Waals surface area contributed by atoms with Crippen molar-refractivity contribution in [3.8, 4) is 0 Å². The number of nitrogens with one attached hydrogen (secondary N) is 1. The maximum atomic E-state index is 13.4. The van der Waals surface area contributed by atoms with Crippen LogP contribution in [0.2, 0.25) is 0 Å². The molecule has 0 atom stereocenters. The minimum atomic E-state index is -0.710. The van der Waals surface area contributed by atoms with Crippen molar-refractivity contribution in [2.45, 2.75) is 6.92 Å². The third-order valence-corrected chi connectivity index (χ3v) is 3.35. The topological polar surface area (TPSA) is 29.1 Å². The summed E-state index contributed by atoms with van der Waals surface area (Å²) in [4.78, 5) is 11.8. The molecule has 0 saturated heterocycles. The van der Waals surface area contributed by atoms with Gasteiger partial charge in [0.05, 0.1) is 0 Å². The van der Waals surface area contributed by atoms with E-state index in [1.54, 1.807) is 6.07 Å². The standard InChI is InChI=1S/C16H12BrF2NO/c1-10-5-6-11(17)9-15(10)20-16(21)8-7-12-13(18)3-2-4-14(12)19/h2-9H,1H3,(H,20,21)/b8-7+. The normalized spacial score (nSPS) is 10.9. The molecule has 0 aliphatic heterocycles.